The maximum Gasteiger partial charge on any atom is 0.329 e. The first-order valence-corrected chi connectivity index (χ1v) is 10.0. The highest BCUT2D eigenvalue weighted by molar-refractivity contribution is 5.98. The predicted molar refractivity (Wildman–Crippen MR) is 118 cm³/mol. The van der Waals surface area contributed by atoms with Crippen molar-refractivity contribution >= 4 is 17.8 Å². The van der Waals surface area contributed by atoms with Crippen molar-refractivity contribution in [3.63, 3.8) is 0 Å². The summed E-state index contributed by atoms with van der Waals surface area (Å²) in [5, 5.41) is 25.2. The summed E-state index contributed by atoms with van der Waals surface area (Å²) in [6.45, 7) is 0. The van der Waals surface area contributed by atoms with Gasteiger partial charge in [-0.2, -0.15) is 0 Å². The zero-order valence-corrected chi connectivity index (χ0v) is 17.1. The average molecular weight is 431 g/mol. The van der Waals surface area contributed by atoms with E-state index >= 15 is 0 Å². The molecule has 0 spiro atoms. The van der Waals surface area contributed by atoms with Crippen molar-refractivity contribution in [2.75, 3.05) is 0 Å². The number of hydrogen-bond acceptors (Lipinski definition) is 4. The van der Waals surface area contributed by atoms with Crippen LogP contribution in [0.4, 0.5) is 0 Å². The normalized spacial score (nSPS) is 13.4. The Morgan fingerprint density at radius 3 is 2.06 bits per heavy atom. The van der Waals surface area contributed by atoms with Crippen LogP contribution in [0, 0.1) is 6.07 Å². The molecule has 0 aromatic heterocycles. The maximum atomic E-state index is 13.1. The van der Waals surface area contributed by atoms with E-state index in [1.165, 1.54) is 0 Å². The first-order chi connectivity index (χ1) is 15.5. The van der Waals surface area contributed by atoms with Gasteiger partial charge in [0.15, 0.2) is 6.04 Å². The van der Waals surface area contributed by atoms with Gasteiger partial charge in [-0.1, -0.05) is 72.8 Å². The Morgan fingerprint density at radius 1 is 0.844 bits per heavy atom. The number of rotatable bonds is 9. The molecule has 0 aliphatic carbocycles. The van der Waals surface area contributed by atoms with E-state index < -0.39 is 36.0 Å². The van der Waals surface area contributed by atoms with E-state index in [9.17, 15) is 24.6 Å². The van der Waals surface area contributed by atoms with Crippen molar-refractivity contribution in [3.05, 3.63) is 108 Å². The molecule has 0 aliphatic heterocycles. The number of aliphatic hydroxyl groups is 1. The Morgan fingerprint density at radius 2 is 1.47 bits per heavy atom. The monoisotopic (exact) mass is 431 g/mol. The molecular formula is C25H23N2O5. The first kappa shape index (κ1) is 22.7. The molecule has 1 radical (unpaired) electrons. The predicted octanol–water partition coefficient (Wildman–Crippen LogP) is 2.13. The number of carbonyl (C=O) groups is 3. The molecule has 7 nitrogen and oxygen atoms in total. The SMILES string of the molecule is O=C(NC(Cc1[c]cccc1)C(=O)NC(C(=O)O)C(O)c1ccccc1)c1ccccc1. The number of amides is 2. The third-order valence-corrected chi connectivity index (χ3v) is 4.88. The Bertz CT molecular complexity index is 1040. The lowest BCUT2D eigenvalue weighted by atomic mass is 10.0. The van der Waals surface area contributed by atoms with Gasteiger partial charge < -0.3 is 20.8 Å². The Labute approximate surface area is 185 Å². The van der Waals surface area contributed by atoms with Gasteiger partial charge in [-0.05, 0) is 29.3 Å². The number of carbonyl (C=O) groups excluding carboxylic acids is 2. The summed E-state index contributed by atoms with van der Waals surface area (Å²) in [5.74, 6) is -2.60. The number of aliphatic hydroxyl groups excluding tert-OH is 1. The minimum Gasteiger partial charge on any atom is -0.480 e. The highest BCUT2D eigenvalue weighted by Crippen LogP contribution is 2.17. The zero-order chi connectivity index (χ0) is 22.9. The average Bonchev–Trinajstić information content (AvgIpc) is 2.83. The summed E-state index contributed by atoms with van der Waals surface area (Å²) in [7, 11) is 0. The molecular weight excluding hydrogens is 408 g/mol. The minimum absolute atomic E-state index is 0.0962. The maximum absolute atomic E-state index is 13.1. The number of nitrogens with one attached hydrogen (secondary N) is 2. The molecule has 4 N–H and O–H groups in total. The molecule has 0 bridgehead atoms. The van der Waals surface area contributed by atoms with Gasteiger partial charge in [0, 0.05) is 12.0 Å². The van der Waals surface area contributed by atoms with Crippen LogP contribution < -0.4 is 10.6 Å². The third-order valence-electron chi connectivity index (χ3n) is 4.88. The fourth-order valence-electron chi connectivity index (χ4n) is 3.19. The highest BCUT2D eigenvalue weighted by atomic mass is 16.4. The molecule has 7 heteroatoms. The second-order valence-corrected chi connectivity index (χ2v) is 7.16. The van der Waals surface area contributed by atoms with Crippen LogP contribution in [0.2, 0.25) is 0 Å². The molecule has 2 amide bonds. The summed E-state index contributed by atoms with van der Waals surface area (Å²) in [4.78, 5) is 37.5. The van der Waals surface area contributed by atoms with E-state index in [-0.39, 0.29) is 6.42 Å². The van der Waals surface area contributed by atoms with Gasteiger partial charge in [0.05, 0.1) is 0 Å². The zero-order valence-electron chi connectivity index (χ0n) is 17.1. The fourth-order valence-corrected chi connectivity index (χ4v) is 3.19. The van der Waals surface area contributed by atoms with Crippen LogP contribution in [-0.2, 0) is 16.0 Å². The number of aliphatic carboxylic acids is 1. The number of hydrogen-bond donors (Lipinski definition) is 4. The van der Waals surface area contributed by atoms with Crippen molar-refractivity contribution in [2.24, 2.45) is 0 Å². The van der Waals surface area contributed by atoms with Crippen LogP contribution in [0.15, 0.2) is 84.9 Å². The second-order valence-electron chi connectivity index (χ2n) is 7.16. The van der Waals surface area contributed by atoms with Gasteiger partial charge in [-0.15, -0.1) is 0 Å². The molecule has 0 aliphatic rings. The van der Waals surface area contributed by atoms with E-state index in [1.54, 1.807) is 84.9 Å². The Balaban J connectivity index is 1.81. The van der Waals surface area contributed by atoms with Gasteiger partial charge in [0.1, 0.15) is 12.1 Å². The standard InChI is InChI=1S/C25H23N2O5/c28-22(18-12-6-2-7-13-18)21(25(31)32)27-24(30)20(16-17-10-4-1-5-11-17)26-23(29)19-14-8-3-9-15-19/h1-10,12-15,20-22,28H,16H2,(H,26,29)(H,27,30)(H,31,32). The Hall–Kier alpha value is -3.97. The topological polar surface area (TPSA) is 116 Å². The molecule has 0 fully saturated rings. The van der Waals surface area contributed by atoms with Gasteiger partial charge in [-0.3, -0.25) is 9.59 Å². The summed E-state index contributed by atoms with van der Waals surface area (Å²) in [6.07, 6.45) is -1.37. The smallest absolute Gasteiger partial charge is 0.329 e. The van der Waals surface area contributed by atoms with Gasteiger partial charge in [-0.25, -0.2) is 4.79 Å². The first-order valence-electron chi connectivity index (χ1n) is 10.0. The van der Waals surface area contributed by atoms with Crippen LogP contribution in [0.25, 0.3) is 0 Å². The minimum atomic E-state index is -1.60. The van der Waals surface area contributed by atoms with Crippen LogP contribution in [0.5, 0.6) is 0 Å². The quantitative estimate of drug-likeness (QED) is 0.414. The van der Waals surface area contributed by atoms with Crippen molar-refractivity contribution in [1.82, 2.24) is 10.6 Å². The van der Waals surface area contributed by atoms with Crippen LogP contribution in [0.1, 0.15) is 27.6 Å². The molecule has 3 unspecified atom stereocenters. The van der Waals surface area contributed by atoms with E-state index in [4.69, 9.17) is 0 Å². The van der Waals surface area contributed by atoms with Crippen molar-refractivity contribution in [2.45, 2.75) is 24.6 Å². The molecule has 0 saturated heterocycles. The van der Waals surface area contributed by atoms with Crippen molar-refractivity contribution < 1.29 is 24.6 Å². The van der Waals surface area contributed by atoms with E-state index in [0.717, 1.165) is 0 Å². The lowest BCUT2D eigenvalue weighted by molar-refractivity contribution is -0.145. The molecule has 32 heavy (non-hydrogen) atoms. The van der Waals surface area contributed by atoms with E-state index in [0.29, 0.717) is 16.7 Å². The largest absolute Gasteiger partial charge is 0.480 e. The molecule has 3 atom stereocenters. The molecule has 163 valence electrons. The molecule has 0 saturated carbocycles. The van der Waals surface area contributed by atoms with Crippen LogP contribution in [0.3, 0.4) is 0 Å². The summed E-state index contributed by atoms with van der Waals surface area (Å²) < 4.78 is 0. The van der Waals surface area contributed by atoms with Gasteiger partial charge >= 0.3 is 5.97 Å². The number of carboxylic acids is 1. The Kier molecular flexibility index (Phi) is 7.72. The van der Waals surface area contributed by atoms with Gasteiger partial charge in [0.2, 0.25) is 5.91 Å². The molecule has 3 rings (SSSR count). The molecule has 3 aromatic rings. The van der Waals surface area contributed by atoms with E-state index in [2.05, 4.69) is 16.7 Å². The molecule has 3 aromatic carbocycles. The number of carboxylic acid groups (broad SMARTS) is 1. The molecule has 0 heterocycles. The highest BCUT2D eigenvalue weighted by Gasteiger charge is 2.32. The fraction of sp³-hybridized carbons (Fsp3) is 0.160. The number of benzene rings is 3. The van der Waals surface area contributed by atoms with Crippen molar-refractivity contribution in [1.29, 1.82) is 0 Å². The lowest BCUT2D eigenvalue weighted by Crippen LogP contribution is -2.54. The van der Waals surface area contributed by atoms with Crippen LogP contribution >= 0.6 is 0 Å². The summed E-state index contributed by atoms with van der Waals surface area (Å²) >= 11 is 0. The third kappa shape index (κ3) is 6.02. The summed E-state index contributed by atoms with van der Waals surface area (Å²) in [5.41, 5.74) is 1.37. The van der Waals surface area contributed by atoms with Gasteiger partial charge in [0.25, 0.3) is 5.91 Å². The summed E-state index contributed by atoms with van der Waals surface area (Å²) in [6, 6.07) is 23.9. The lowest BCUT2D eigenvalue weighted by Gasteiger charge is -2.24. The van der Waals surface area contributed by atoms with Crippen molar-refractivity contribution in [3.8, 4) is 0 Å². The second kappa shape index (κ2) is 10.9. The van der Waals surface area contributed by atoms with E-state index in [1.807, 2.05) is 0 Å². The van der Waals surface area contributed by atoms with Crippen LogP contribution in [-0.4, -0.2) is 40.1 Å².